The standard InChI is InChI=1S/C20H28N2O3/c1-6-16-14(2)9-7-11-17(16)18(23)22-12-8-10-15(13-22)21-19(24)25-20(3,4)5/h6-7,9,11,15H,1,8,10,12-13H2,2-5H3,(H,21,24). The number of hydrogen-bond donors (Lipinski definition) is 1. The van der Waals surface area contributed by atoms with Crippen LogP contribution in [-0.2, 0) is 4.74 Å². The van der Waals surface area contributed by atoms with Gasteiger partial charge in [-0.2, -0.15) is 0 Å². The third-order valence-corrected chi connectivity index (χ3v) is 4.19. The van der Waals surface area contributed by atoms with Gasteiger partial charge < -0.3 is 15.0 Å². The van der Waals surface area contributed by atoms with Gasteiger partial charge in [-0.25, -0.2) is 4.79 Å². The van der Waals surface area contributed by atoms with E-state index < -0.39 is 11.7 Å². The van der Waals surface area contributed by atoms with Crippen molar-refractivity contribution in [3.8, 4) is 0 Å². The van der Waals surface area contributed by atoms with Gasteiger partial charge in [-0.05, 0) is 57.7 Å². The van der Waals surface area contributed by atoms with Crippen LogP contribution in [0.1, 0.15) is 55.1 Å². The van der Waals surface area contributed by atoms with Gasteiger partial charge in [0.05, 0.1) is 0 Å². The Morgan fingerprint density at radius 2 is 2.08 bits per heavy atom. The number of carbonyl (C=O) groups excluding carboxylic acids is 2. The van der Waals surface area contributed by atoms with Gasteiger partial charge in [-0.3, -0.25) is 4.79 Å². The van der Waals surface area contributed by atoms with Crippen molar-refractivity contribution in [3.05, 3.63) is 41.5 Å². The zero-order valence-electron chi connectivity index (χ0n) is 15.6. The fourth-order valence-electron chi connectivity index (χ4n) is 3.06. The summed E-state index contributed by atoms with van der Waals surface area (Å²) in [7, 11) is 0. The van der Waals surface area contributed by atoms with E-state index >= 15 is 0 Å². The lowest BCUT2D eigenvalue weighted by atomic mass is 9.99. The van der Waals surface area contributed by atoms with Crippen LogP contribution in [0.25, 0.3) is 6.08 Å². The van der Waals surface area contributed by atoms with Gasteiger partial charge in [0.25, 0.3) is 5.91 Å². The molecule has 1 fully saturated rings. The molecule has 5 heteroatoms. The molecule has 5 nitrogen and oxygen atoms in total. The quantitative estimate of drug-likeness (QED) is 0.908. The first kappa shape index (κ1) is 19.0. The molecule has 1 heterocycles. The first-order valence-corrected chi connectivity index (χ1v) is 8.72. The maximum absolute atomic E-state index is 12.9. The molecule has 25 heavy (non-hydrogen) atoms. The van der Waals surface area contributed by atoms with Crippen LogP contribution in [0, 0.1) is 6.92 Å². The Hall–Kier alpha value is -2.30. The highest BCUT2D eigenvalue weighted by Crippen LogP contribution is 2.20. The molecule has 1 aliphatic heterocycles. The monoisotopic (exact) mass is 344 g/mol. The second-order valence-corrected chi connectivity index (χ2v) is 7.48. The van der Waals surface area contributed by atoms with E-state index in [9.17, 15) is 9.59 Å². The summed E-state index contributed by atoms with van der Waals surface area (Å²) in [5.41, 5.74) is 2.03. The summed E-state index contributed by atoms with van der Waals surface area (Å²) in [5, 5.41) is 2.88. The van der Waals surface area contributed by atoms with Crippen LogP contribution in [0.2, 0.25) is 0 Å². The molecule has 1 N–H and O–H groups in total. The first-order valence-electron chi connectivity index (χ1n) is 8.72. The fraction of sp³-hybridized carbons (Fsp3) is 0.500. The number of nitrogens with zero attached hydrogens (tertiary/aromatic N) is 1. The predicted octanol–water partition coefficient (Wildman–Crippen LogP) is 3.77. The zero-order valence-corrected chi connectivity index (χ0v) is 15.6. The van der Waals surface area contributed by atoms with Gasteiger partial charge >= 0.3 is 6.09 Å². The smallest absolute Gasteiger partial charge is 0.407 e. The van der Waals surface area contributed by atoms with Gasteiger partial charge in [0.15, 0.2) is 0 Å². The van der Waals surface area contributed by atoms with Crippen molar-refractivity contribution in [1.82, 2.24) is 10.2 Å². The Labute approximate surface area is 150 Å². The number of hydrogen-bond acceptors (Lipinski definition) is 3. The molecule has 2 amide bonds. The van der Waals surface area contributed by atoms with Gasteiger partial charge in [0.2, 0.25) is 0 Å². The third kappa shape index (κ3) is 5.08. The molecular weight excluding hydrogens is 316 g/mol. The summed E-state index contributed by atoms with van der Waals surface area (Å²) < 4.78 is 5.31. The zero-order chi connectivity index (χ0) is 18.6. The van der Waals surface area contributed by atoms with E-state index in [0.717, 1.165) is 24.0 Å². The molecule has 1 aromatic rings. The lowest BCUT2D eigenvalue weighted by Crippen LogP contribution is -2.50. The molecule has 0 aromatic heterocycles. The largest absolute Gasteiger partial charge is 0.444 e. The van der Waals surface area contributed by atoms with Crippen molar-refractivity contribution in [2.24, 2.45) is 0 Å². The van der Waals surface area contributed by atoms with Crippen molar-refractivity contribution >= 4 is 18.1 Å². The number of piperidine rings is 1. The summed E-state index contributed by atoms with van der Waals surface area (Å²) in [6, 6.07) is 5.59. The average molecular weight is 344 g/mol. The number of likely N-dealkylation sites (tertiary alicyclic amines) is 1. The molecule has 1 aromatic carbocycles. The van der Waals surface area contributed by atoms with Crippen LogP contribution in [0.5, 0.6) is 0 Å². The summed E-state index contributed by atoms with van der Waals surface area (Å²) in [6.07, 6.45) is 2.98. The van der Waals surface area contributed by atoms with Crippen molar-refractivity contribution in [2.75, 3.05) is 13.1 Å². The minimum absolute atomic E-state index is 0.0192. The molecule has 1 saturated heterocycles. The minimum Gasteiger partial charge on any atom is -0.444 e. The van der Waals surface area contributed by atoms with Crippen molar-refractivity contribution < 1.29 is 14.3 Å². The number of aryl methyl sites for hydroxylation is 1. The number of carbonyl (C=O) groups is 2. The molecule has 2 rings (SSSR count). The minimum atomic E-state index is -0.533. The lowest BCUT2D eigenvalue weighted by molar-refractivity contribution is 0.0452. The van der Waals surface area contributed by atoms with E-state index in [1.807, 2.05) is 45.9 Å². The number of rotatable bonds is 3. The molecule has 0 aliphatic carbocycles. The molecular formula is C20H28N2O3. The second kappa shape index (κ2) is 7.72. The highest BCUT2D eigenvalue weighted by atomic mass is 16.6. The summed E-state index contributed by atoms with van der Waals surface area (Å²) in [5.74, 6) is -0.0192. The lowest BCUT2D eigenvalue weighted by Gasteiger charge is -2.34. The van der Waals surface area contributed by atoms with Crippen LogP contribution in [0.4, 0.5) is 4.79 Å². The summed E-state index contributed by atoms with van der Waals surface area (Å²) in [4.78, 5) is 26.7. The Morgan fingerprint density at radius 1 is 1.36 bits per heavy atom. The van der Waals surface area contributed by atoms with Gasteiger partial charge in [-0.1, -0.05) is 24.8 Å². The van der Waals surface area contributed by atoms with Crippen LogP contribution in [0.15, 0.2) is 24.8 Å². The van der Waals surface area contributed by atoms with Crippen LogP contribution in [-0.4, -0.2) is 41.6 Å². The number of alkyl carbamates (subject to hydrolysis) is 1. The molecule has 1 aliphatic rings. The number of nitrogens with one attached hydrogen (secondary N) is 1. The Kier molecular flexibility index (Phi) is 5.88. The Bertz CT molecular complexity index is 661. The van der Waals surface area contributed by atoms with Crippen LogP contribution >= 0.6 is 0 Å². The van der Waals surface area contributed by atoms with E-state index in [1.165, 1.54) is 0 Å². The summed E-state index contributed by atoms with van der Waals surface area (Å²) in [6.45, 7) is 12.5. The maximum Gasteiger partial charge on any atom is 0.407 e. The maximum atomic E-state index is 12.9. The Morgan fingerprint density at radius 3 is 2.72 bits per heavy atom. The highest BCUT2D eigenvalue weighted by molar-refractivity contribution is 5.98. The van der Waals surface area contributed by atoms with E-state index in [-0.39, 0.29) is 11.9 Å². The van der Waals surface area contributed by atoms with Crippen molar-refractivity contribution in [2.45, 2.75) is 52.2 Å². The molecule has 136 valence electrons. The number of amides is 2. The van der Waals surface area contributed by atoms with E-state index in [0.29, 0.717) is 18.7 Å². The molecule has 0 saturated carbocycles. The first-order chi connectivity index (χ1) is 11.7. The number of ether oxygens (including phenoxy) is 1. The summed E-state index contributed by atoms with van der Waals surface area (Å²) >= 11 is 0. The number of benzene rings is 1. The van der Waals surface area contributed by atoms with E-state index in [1.54, 1.807) is 11.0 Å². The topological polar surface area (TPSA) is 58.6 Å². The van der Waals surface area contributed by atoms with Crippen LogP contribution in [0.3, 0.4) is 0 Å². The molecule has 0 bridgehead atoms. The molecule has 1 unspecified atom stereocenters. The van der Waals surface area contributed by atoms with Crippen molar-refractivity contribution in [1.29, 1.82) is 0 Å². The van der Waals surface area contributed by atoms with E-state index in [2.05, 4.69) is 11.9 Å². The molecule has 0 spiro atoms. The van der Waals surface area contributed by atoms with Gasteiger partial charge in [0, 0.05) is 24.7 Å². The van der Waals surface area contributed by atoms with Crippen LogP contribution < -0.4 is 5.32 Å². The van der Waals surface area contributed by atoms with Gasteiger partial charge in [0.1, 0.15) is 5.60 Å². The normalized spacial score (nSPS) is 17.8. The second-order valence-electron chi connectivity index (χ2n) is 7.48. The van der Waals surface area contributed by atoms with Gasteiger partial charge in [-0.15, -0.1) is 0 Å². The predicted molar refractivity (Wildman–Crippen MR) is 99.6 cm³/mol. The molecule has 1 atom stereocenters. The van der Waals surface area contributed by atoms with Crippen molar-refractivity contribution in [3.63, 3.8) is 0 Å². The highest BCUT2D eigenvalue weighted by Gasteiger charge is 2.28. The van der Waals surface area contributed by atoms with E-state index in [4.69, 9.17) is 4.74 Å². The molecule has 0 radical (unpaired) electrons. The average Bonchev–Trinajstić information content (AvgIpc) is 2.52. The third-order valence-electron chi connectivity index (χ3n) is 4.19. The SMILES string of the molecule is C=Cc1c(C)cccc1C(=O)N1CCCC(NC(=O)OC(C)(C)C)C1. The fourth-order valence-corrected chi connectivity index (χ4v) is 3.06. The Balaban J connectivity index is 2.06.